The standard InChI is InChI=1S/C13H13F3O3/c14-13(15,16)10-3-1-2-4-11(10)19-7-9(12(17)18)8-5-6-8/h1-4,8-9H,5-7H2,(H,17,18). The van der Waals surface area contributed by atoms with E-state index in [4.69, 9.17) is 9.84 Å². The number of hydrogen-bond acceptors (Lipinski definition) is 2. The predicted molar refractivity (Wildman–Crippen MR) is 60.8 cm³/mol. The summed E-state index contributed by atoms with van der Waals surface area (Å²) < 4.78 is 43.2. The number of hydrogen-bond donors (Lipinski definition) is 1. The van der Waals surface area contributed by atoms with Gasteiger partial charge in [0.1, 0.15) is 12.4 Å². The van der Waals surface area contributed by atoms with Crippen LogP contribution in [0.15, 0.2) is 24.3 Å². The first-order chi connectivity index (χ1) is 8.89. The highest BCUT2D eigenvalue weighted by Gasteiger charge is 2.38. The topological polar surface area (TPSA) is 46.5 Å². The minimum absolute atomic E-state index is 0.0237. The Labute approximate surface area is 108 Å². The van der Waals surface area contributed by atoms with Crippen molar-refractivity contribution >= 4 is 5.97 Å². The Hall–Kier alpha value is -1.72. The fourth-order valence-electron chi connectivity index (χ4n) is 1.91. The average Bonchev–Trinajstić information content (AvgIpc) is 3.12. The molecule has 1 aromatic carbocycles. The SMILES string of the molecule is O=C(O)C(COc1ccccc1C(F)(F)F)C1CC1. The summed E-state index contributed by atoms with van der Waals surface area (Å²) in [6, 6.07) is 4.82. The lowest BCUT2D eigenvalue weighted by atomic mass is 10.1. The highest BCUT2D eigenvalue weighted by Crippen LogP contribution is 2.39. The highest BCUT2D eigenvalue weighted by atomic mass is 19.4. The zero-order valence-electron chi connectivity index (χ0n) is 9.98. The van der Waals surface area contributed by atoms with Gasteiger partial charge in [0.25, 0.3) is 0 Å². The molecule has 1 aromatic rings. The van der Waals surface area contributed by atoms with Gasteiger partial charge in [-0.05, 0) is 30.9 Å². The van der Waals surface area contributed by atoms with Gasteiger partial charge in [0.05, 0.1) is 11.5 Å². The van der Waals surface area contributed by atoms with Crippen LogP contribution in [0.4, 0.5) is 13.2 Å². The first-order valence-corrected chi connectivity index (χ1v) is 5.91. The quantitative estimate of drug-likeness (QED) is 0.896. The average molecular weight is 274 g/mol. The van der Waals surface area contributed by atoms with Crippen molar-refractivity contribution < 1.29 is 27.8 Å². The Morgan fingerprint density at radius 1 is 1.37 bits per heavy atom. The van der Waals surface area contributed by atoms with Gasteiger partial charge in [0, 0.05) is 0 Å². The van der Waals surface area contributed by atoms with Gasteiger partial charge in [-0.1, -0.05) is 12.1 Å². The van der Waals surface area contributed by atoms with Crippen molar-refractivity contribution in [1.29, 1.82) is 0 Å². The van der Waals surface area contributed by atoms with Crippen molar-refractivity contribution in [1.82, 2.24) is 0 Å². The number of aliphatic carboxylic acids is 1. The lowest BCUT2D eigenvalue weighted by Gasteiger charge is -2.16. The van der Waals surface area contributed by atoms with E-state index in [0.717, 1.165) is 18.9 Å². The van der Waals surface area contributed by atoms with E-state index in [1.807, 2.05) is 0 Å². The molecule has 3 nitrogen and oxygen atoms in total. The van der Waals surface area contributed by atoms with Crippen LogP contribution in [0.1, 0.15) is 18.4 Å². The second-order valence-electron chi connectivity index (χ2n) is 4.59. The van der Waals surface area contributed by atoms with E-state index in [-0.39, 0.29) is 18.3 Å². The molecule has 0 heterocycles. The third-order valence-electron chi connectivity index (χ3n) is 3.12. The molecule has 6 heteroatoms. The van der Waals surface area contributed by atoms with E-state index < -0.39 is 23.6 Å². The molecule has 0 spiro atoms. The minimum Gasteiger partial charge on any atom is -0.492 e. The van der Waals surface area contributed by atoms with E-state index in [2.05, 4.69) is 0 Å². The van der Waals surface area contributed by atoms with Crippen LogP contribution in [-0.2, 0) is 11.0 Å². The van der Waals surface area contributed by atoms with Crippen LogP contribution < -0.4 is 4.74 Å². The number of rotatable bonds is 5. The normalized spacial score (nSPS) is 17.0. The summed E-state index contributed by atoms with van der Waals surface area (Å²) >= 11 is 0. The zero-order chi connectivity index (χ0) is 14.0. The predicted octanol–water partition coefficient (Wildman–Crippen LogP) is 3.20. The highest BCUT2D eigenvalue weighted by molar-refractivity contribution is 5.71. The van der Waals surface area contributed by atoms with Gasteiger partial charge in [-0.3, -0.25) is 4.79 Å². The third kappa shape index (κ3) is 3.39. The van der Waals surface area contributed by atoms with E-state index in [9.17, 15) is 18.0 Å². The number of ether oxygens (including phenoxy) is 1. The molecule has 19 heavy (non-hydrogen) atoms. The van der Waals surface area contributed by atoms with Gasteiger partial charge in [-0.25, -0.2) is 0 Å². The lowest BCUT2D eigenvalue weighted by molar-refractivity contribution is -0.143. The molecule has 0 bridgehead atoms. The van der Waals surface area contributed by atoms with Crippen LogP contribution in [0.2, 0.25) is 0 Å². The minimum atomic E-state index is -4.51. The van der Waals surface area contributed by atoms with Crippen molar-refractivity contribution in [2.24, 2.45) is 11.8 Å². The molecule has 0 aromatic heterocycles. The summed E-state index contributed by atoms with van der Waals surface area (Å²) in [6.07, 6.45) is -2.92. The van der Waals surface area contributed by atoms with E-state index in [1.165, 1.54) is 18.2 Å². The Bertz CT molecular complexity index is 466. The van der Waals surface area contributed by atoms with Gasteiger partial charge in [-0.2, -0.15) is 13.2 Å². The van der Waals surface area contributed by atoms with Gasteiger partial charge in [0.15, 0.2) is 0 Å². The molecule has 1 unspecified atom stereocenters. The van der Waals surface area contributed by atoms with Gasteiger partial charge in [-0.15, -0.1) is 0 Å². The molecule has 1 saturated carbocycles. The van der Waals surface area contributed by atoms with E-state index in [0.29, 0.717) is 0 Å². The van der Waals surface area contributed by atoms with Crippen LogP contribution in [0.3, 0.4) is 0 Å². The Kier molecular flexibility index (Phi) is 3.68. The molecule has 1 N–H and O–H groups in total. The summed E-state index contributed by atoms with van der Waals surface area (Å²) in [4.78, 5) is 11.0. The molecule has 0 aliphatic heterocycles. The van der Waals surface area contributed by atoms with Gasteiger partial charge in [0.2, 0.25) is 0 Å². The number of carboxylic acids is 1. The number of halogens is 3. The smallest absolute Gasteiger partial charge is 0.419 e. The van der Waals surface area contributed by atoms with Crippen molar-refractivity contribution in [3.05, 3.63) is 29.8 Å². The lowest BCUT2D eigenvalue weighted by Crippen LogP contribution is -2.24. The fraction of sp³-hybridized carbons (Fsp3) is 0.462. The Morgan fingerprint density at radius 2 is 2.00 bits per heavy atom. The number of carbonyl (C=O) groups is 1. The van der Waals surface area contributed by atoms with Gasteiger partial charge < -0.3 is 9.84 Å². The van der Waals surface area contributed by atoms with Crippen molar-refractivity contribution in [2.75, 3.05) is 6.61 Å². The molecule has 1 atom stereocenters. The molecule has 1 fully saturated rings. The molecule has 1 aliphatic rings. The summed E-state index contributed by atoms with van der Waals surface area (Å²) in [5.74, 6) is -2.05. The first-order valence-electron chi connectivity index (χ1n) is 5.91. The van der Waals surface area contributed by atoms with Crippen LogP contribution in [0.5, 0.6) is 5.75 Å². The third-order valence-corrected chi connectivity index (χ3v) is 3.12. The summed E-state index contributed by atoms with van der Waals surface area (Å²) in [5, 5.41) is 8.99. The van der Waals surface area contributed by atoms with Crippen LogP contribution in [-0.4, -0.2) is 17.7 Å². The van der Waals surface area contributed by atoms with Gasteiger partial charge >= 0.3 is 12.1 Å². The van der Waals surface area contributed by atoms with Crippen LogP contribution in [0, 0.1) is 11.8 Å². The maximum Gasteiger partial charge on any atom is 0.419 e. The van der Waals surface area contributed by atoms with Crippen LogP contribution in [0.25, 0.3) is 0 Å². The number of benzene rings is 1. The second kappa shape index (κ2) is 5.11. The largest absolute Gasteiger partial charge is 0.492 e. The molecular formula is C13H13F3O3. The maximum atomic E-state index is 12.7. The molecular weight excluding hydrogens is 261 g/mol. The summed E-state index contributed by atoms with van der Waals surface area (Å²) in [5.41, 5.74) is -0.880. The molecule has 0 amide bonds. The maximum absolute atomic E-state index is 12.7. The first kappa shape index (κ1) is 13.7. The zero-order valence-corrected chi connectivity index (χ0v) is 9.98. The molecule has 0 saturated heterocycles. The van der Waals surface area contributed by atoms with Crippen LogP contribution >= 0.6 is 0 Å². The number of alkyl halides is 3. The summed E-state index contributed by atoms with van der Waals surface area (Å²) in [7, 11) is 0. The Balaban J connectivity index is 2.09. The van der Waals surface area contributed by atoms with Crippen molar-refractivity contribution in [2.45, 2.75) is 19.0 Å². The monoisotopic (exact) mass is 274 g/mol. The fourth-order valence-corrected chi connectivity index (χ4v) is 1.91. The van der Waals surface area contributed by atoms with Crippen molar-refractivity contribution in [3.63, 3.8) is 0 Å². The molecule has 104 valence electrons. The molecule has 0 radical (unpaired) electrons. The second-order valence-corrected chi connectivity index (χ2v) is 4.59. The van der Waals surface area contributed by atoms with E-state index in [1.54, 1.807) is 0 Å². The Morgan fingerprint density at radius 3 is 2.53 bits per heavy atom. The summed E-state index contributed by atoms with van der Waals surface area (Å²) in [6.45, 7) is -0.229. The molecule has 1 aliphatic carbocycles. The van der Waals surface area contributed by atoms with E-state index >= 15 is 0 Å². The number of carboxylic acid groups (broad SMARTS) is 1. The number of para-hydroxylation sites is 1. The molecule has 2 rings (SSSR count). The van der Waals surface area contributed by atoms with Crippen molar-refractivity contribution in [3.8, 4) is 5.75 Å².